The highest BCUT2D eigenvalue weighted by atomic mass is 16.5. The maximum Gasteiger partial charge on any atom is 0.338 e. The minimum atomic E-state index is -0.937. The van der Waals surface area contributed by atoms with E-state index >= 15 is 0 Å². The van der Waals surface area contributed by atoms with Crippen molar-refractivity contribution in [3.05, 3.63) is 42.1 Å². The first-order chi connectivity index (χ1) is 13.4. The molecule has 0 saturated carbocycles. The first-order valence-corrected chi connectivity index (χ1v) is 9.70. The van der Waals surface area contributed by atoms with Gasteiger partial charge in [0.15, 0.2) is 6.10 Å². The maximum absolute atomic E-state index is 12.3. The van der Waals surface area contributed by atoms with E-state index in [9.17, 15) is 9.59 Å². The Bertz CT molecular complexity index is 768. The molecule has 2 rings (SSSR count). The number of hydrogen-bond donors (Lipinski definition) is 1. The Hall–Kier alpha value is -2.83. The van der Waals surface area contributed by atoms with Gasteiger partial charge in [-0.1, -0.05) is 19.8 Å². The summed E-state index contributed by atoms with van der Waals surface area (Å²) in [6, 6.07) is 8.53. The molecule has 1 heterocycles. The van der Waals surface area contributed by atoms with Crippen LogP contribution in [0.1, 0.15) is 63.4 Å². The van der Waals surface area contributed by atoms with Crippen molar-refractivity contribution in [2.75, 3.05) is 11.9 Å². The van der Waals surface area contributed by atoms with Gasteiger partial charge in [0, 0.05) is 12.1 Å². The lowest BCUT2D eigenvalue weighted by Crippen LogP contribution is -2.31. The molecule has 7 nitrogen and oxygen atoms in total. The van der Waals surface area contributed by atoms with Gasteiger partial charge in [-0.2, -0.15) is 5.10 Å². The van der Waals surface area contributed by atoms with E-state index in [1.54, 1.807) is 41.2 Å². The highest BCUT2D eigenvalue weighted by Gasteiger charge is 2.20. The normalized spacial score (nSPS) is 11.9. The Morgan fingerprint density at radius 1 is 1.11 bits per heavy atom. The van der Waals surface area contributed by atoms with Gasteiger partial charge < -0.3 is 14.8 Å². The SMILES string of the molecule is CCCCCOc1ccc(C(=O)O[C@H](C)C(=O)Nc2ccnn2C(C)C)cc1. The van der Waals surface area contributed by atoms with E-state index in [1.807, 2.05) is 13.8 Å². The molecular formula is C21H29N3O4. The third-order valence-corrected chi connectivity index (χ3v) is 4.17. The molecular weight excluding hydrogens is 358 g/mol. The van der Waals surface area contributed by atoms with Crippen molar-refractivity contribution in [2.45, 2.75) is 59.1 Å². The molecule has 1 N–H and O–H groups in total. The lowest BCUT2D eigenvalue weighted by Gasteiger charge is -2.16. The number of amides is 1. The van der Waals surface area contributed by atoms with Crippen LogP contribution >= 0.6 is 0 Å². The number of nitrogens with zero attached hydrogens (tertiary/aromatic N) is 2. The largest absolute Gasteiger partial charge is 0.494 e. The van der Waals surface area contributed by atoms with E-state index in [-0.39, 0.29) is 6.04 Å². The van der Waals surface area contributed by atoms with Crippen molar-refractivity contribution in [1.29, 1.82) is 0 Å². The molecule has 1 aromatic carbocycles. The standard InChI is InChI=1S/C21H29N3O4/c1-5-6-7-14-27-18-10-8-17(9-11-18)21(26)28-16(4)20(25)23-19-12-13-22-24(19)15(2)3/h8-13,15-16H,5-7,14H2,1-4H3,(H,23,25)/t16-/m1/s1. The van der Waals surface area contributed by atoms with Crippen molar-refractivity contribution in [1.82, 2.24) is 9.78 Å². The van der Waals surface area contributed by atoms with Crippen LogP contribution in [0.5, 0.6) is 5.75 Å². The molecule has 152 valence electrons. The van der Waals surface area contributed by atoms with Gasteiger partial charge in [-0.15, -0.1) is 0 Å². The zero-order chi connectivity index (χ0) is 20.5. The van der Waals surface area contributed by atoms with Crippen LogP contribution in [0.3, 0.4) is 0 Å². The number of hydrogen-bond acceptors (Lipinski definition) is 5. The van der Waals surface area contributed by atoms with E-state index < -0.39 is 18.0 Å². The van der Waals surface area contributed by atoms with E-state index in [0.717, 1.165) is 19.3 Å². The molecule has 0 aliphatic rings. The van der Waals surface area contributed by atoms with Gasteiger partial charge in [-0.05, 0) is 51.5 Å². The second-order valence-electron chi connectivity index (χ2n) is 6.87. The first kappa shape index (κ1) is 21.5. The van der Waals surface area contributed by atoms with Crippen LogP contribution in [0, 0.1) is 0 Å². The van der Waals surface area contributed by atoms with Gasteiger partial charge in [0.05, 0.1) is 18.4 Å². The van der Waals surface area contributed by atoms with Crippen molar-refractivity contribution in [2.24, 2.45) is 0 Å². The number of nitrogens with one attached hydrogen (secondary N) is 1. The second-order valence-corrected chi connectivity index (χ2v) is 6.87. The molecule has 1 amide bonds. The third-order valence-electron chi connectivity index (χ3n) is 4.17. The Kier molecular flexibility index (Phi) is 8.04. The molecule has 0 saturated heterocycles. The topological polar surface area (TPSA) is 82.4 Å². The van der Waals surface area contributed by atoms with Crippen molar-refractivity contribution < 1.29 is 19.1 Å². The average molecular weight is 387 g/mol. The summed E-state index contributed by atoms with van der Waals surface area (Å²) < 4.78 is 12.6. The summed E-state index contributed by atoms with van der Waals surface area (Å²) in [6.45, 7) is 8.25. The number of ether oxygens (including phenoxy) is 2. The lowest BCUT2D eigenvalue weighted by atomic mass is 10.2. The number of rotatable bonds is 10. The fourth-order valence-electron chi connectivity index (χ4n) is 2.56. The fourth-order valence-corrected chi connectivity index (χ4v) is 2.56. The summed E-state index contributed by atoms with van der Waals surface area (Å²) in [5.41, 5.74) is 0.368. The molecule has 0 aliphatic carbocycles. The summed E-state index contributed by atoms with van der Waals surface area (Å²) in [5.74, 6) is 0.303. The van der Waals surface area contributed by atoms with Crippen LogP contribution in [0.4, 0.5) is 5.82 Å². The molecule has 0 radical (unpaired) electrons. The number of unbranched alkanes of at least 4 members (excludes halogenated alkanes) is 2. The van der Waals surface area contributed by atoms with Gasteiger partial charge in [0.2, 0.25) is 0 Å². The summed E-state index contributed by atoms with van der Waals surface area (Å²) >= 11 is 0. The first-order valence-electron chi connectivity index (χ1n) is 9.70. The molecule has 28 heavy (non-hydrogen) atoms. The Morgan fingerprint density at radius 2 is 1.82 bits per heavy atom. The van der Waals surface area contributed by atoms with Crippen LogP contribution < -0.4 is 10.1 Å². The van der Waals surface area contributed by atoms with Gasteiger partial charge >= 0.3 is 5.97 Å². The van der Waals surface area contributed by atoms with E-state index in [0.29, 0.717) is 23.7 Å². The number of benzene rings is 1. The van der Waals surface area contributed by atoms with E-state index in [4.69, 9.17) is 9.47 Å². The van der Waals surface area contributed by atoms with Gasteiger partial charge in [0.1, 0.15) is 11.6 Å². The van der Waals surface area contributed by atoms with Crippen LogP contribution in [-0.2, 0) is 9.53 Å². The van der Waals surface area contributed by atoms with Gasteiger partial charge in [0.25, 0.3) is 5.91 Å². The zero-order valence-corrected chi connectivity index (χ0v) is 17.0. The molecule has 7 heteroatoms. The second kappa shape index (κ2) is 10.5. The highest BCUT2D eigenvalue weighted by Crippen LogP contribution is 2.16. The molecule has 2 aromatic rings. The molecule has 1 atom stereocenters. The quantitative estimate of drug-likeness (QED) is 0.488. The Labute approximate surface area is 166 Å². The number of aromatic nitrogens is 2. The molecule has 0 bridgehead atoms. The Morgan fingerprint density at radius 3 is 2.46 bits per heavy atom. The van der Waals surface area contributed by atoms with Gasteiger partial charge in [-0.25, -0.2) is 9.48 Å². The number of carbonyl (C=O) groups excluding carboxylic acids is 2. The summed E-state index contributed by atoms with van der Waals surface area (Å²) in [5, 5.41) is 6.89. The predicted molar refractivity (Wildman–Crippen MR) is 108 cm³/mol. The van der Waals surface area contributed by atoms with Crippen molar-refractivity contribution in [3.8, 4) is 5.75 Å². The van der Waals surface area contributed by atoms with Crippen molar-refractivity contribution in [3.63, 3.8) is 0 Å². The molecule has 1 aromatic heterocycles. The summed E-state index contributed by atoms with van der Waals surface area (Å²) in [7, 11) is 0. The van der Waals surface area contributed by atoms with Crippen LogP contribution in [0.15, 0.2) is 36.5 Å². The third kappa shape index (κ3) is 6.11. The number of esters is 1. The smallest absolute Gasteiger partial charge is 0.338 e. The van der Waals surface area contributed by atoms with Crippen molar-refractivity contribution >= 4 is 17.7 Å². The minimum Gasteiger partial charge on any atom is -0.494 e. The van der Waals surface area contributed by atoms with Gasteiger partial charge in [-0.3, -0.25) is 4.79 Å². The zero-order valence-electron chi connectivity index (χ0n) is 17.0. The molecule has 0 unspecified atom stereocenters. The van der Waals surface area contributed by atoms with E-state index in [1.165, 1.54) is 6.92 Å². The summed E-state index contributed by atoms with van der Waals surface area (Å²) in [4.78, 5) is 24.6. The minimum absolute atomic E-state index is 0.103. The van der Waals surface area contributed by atoms with Crippen LogP contribution in [0.25, 0.3) is 0 Å². The lowest BCUT2D eigenvalue weighted by molar-refractivity contribution is -0.123. The number of carbonyl (C=O) groups is 2. The average Bonchev–Trinajstić information content (AvgIpc) is 3.14. The predicted octanol–water partition coefficient (Wildman–Crippen LogP) is 4.22. The fraction of sp³-hybridized carbons (Fsp3) is 0.476. The molecule has 0 spiro atoms. The molecule has 0 fully saturated rings. The maximum atomic E-state index is 12.3. The summed E-state index contributed by atoms with van der Waals surface area (Å²) in [6.07, 6.45) is 3.94. The van der Waals surface area contributed by atoms with Crippen LogP contribution in [-0.4, -0.2) is 34.4 Å². The van der Waals surface area contributed by atoms with E-state index in [2.05, 4.69) is 17.3 Å². The molecule has 0 aliphatic heterocycles. The highest BCUT2D eigenvalue weighted by molar-refractivity contribution is 5.96. The monoisotopic (exact) mass is 387 g/mol. The number of anilines is 1. The Balaban J connectivity index is 1.87. The van der Waals surface area contributed by atoms with Crippen LogP contribution in [0.2, 0.25) is 0 Å².